The fraction of sp³-hybridized carbons (Fsp3) is 0.400. The first kappa shape index (κ1) is 26.6. The number of amides is 3. The first-order chi connectivity index (χ1) is 18.7. The number of carbonyl (C=O) groups excluding carboxylic acids is 3. The van der Waals surface area contributed by atoms with E-state index >= 15 is 0 Å². The molecule has 1 N–H and O–H groups in total. The molecule has 2 aliphatic heterocycles. The summed E-state index contributed by atoms with van der Waals surface area (Å²) in [5, 5.41) is 10.5. The SMILES string of the molecule is Cc1ncoc1-c1ccc(CN(C)C(=O)[C@@H]2C[C@@H](O)CN2C(=O)C(C(C)C)N2Cc3ccccc3C2=O)cc1. The monoisotopic (exact) mass is 530 g/mol. The van der Waals surface area contributed by atoms with Crippen molar-refractivity contribution in [2.75, 3.05) is 13.6 Å². The highest BCUT2D eigenvalue weighted by atomic mass is 16.3. The number of aromatic nitrogens is 1. The van der Waals surface area contributed by atoms with Crippen LogP contribution in [0.4, 0.5) is 0 Å². The van der Waals surface area contributed by atoms with E-state index in [1.807, 2.05) is 63.2 Å². The summed E-state index contributed by atoms with van der Waals surface area (Å²) in [6.07, 6.45) is 0.772. The van der Waals surface area contributed by atoms with Crippen LogP contribution in [0.5, 0.6) is 0 Å². The minimum absolute atomic E-state index is 0.0620. The molecule has 0 aliphatic carbocycles. The minimum atomic E-state index is -0.806. The summed E-state index contributed by atoms with van der Waals surface area (Å²) in [5.74, 6) is -0.191. The number of rotatable bonds is 7. The summed E-state index contributed by atoms with van der Waals surface area (Å²) >= 11 is 0. The average Bonchev–Trinajstić information content (AvgIpc) is 3.61. The summed E-state index contributed by atoms with van der Waals surface area (Å²) < 4.78 is 5.46. The molecule has 1 aromatic heterocycles. The van der Waals surface area contributed by atoms with E-state index in [2.05, 4.69) is 4.98 Å². The number of fused-ring (bicyclic) bond motifs is 1. The van der Waals surface area contributed by atoms with Gasteiger partial charge in [-0.25, -0.2) is 4.98 Å². The number of hydrogen-bond donors (Lipinski definition) is 1. The zero-order valence-corrected chi connectivity index (χ0v) is 22.7. The van der Waals surface area contributed by atoms with Crippen molar-refractivity contribution in [3.63, 3.8) is 0 Å². The van der Waals surface area contributed by atoms with E-state index in [-0.39, 0.29) is 36.6 Å². The highest BCUT2D eigenvalue weighted by Gasteiger charge is 2.46. The van der Waals surface area contributed by atoms with Gasteiger partial charge in [0.1, 0.15) is 12.1 Å². The largest absolute Gasteiger partial charge is 0.443 e. The second kappa shape index (κ2) is 10.6. The Morgan fingerprint density at radius 1 is 1.15 bits per heavy atom. The van der Waals surface area contributed by atoms with Crippen LogP contribution in [0.3, 0.4) is 0 Å². The molecule has 1 unspecified atom stereocenters. The normalized spacial score (nSPS) is 19.5. The van der Waals surface area contributed by atoms with Crippen molar-refractivity contribution >= 4 is 17.7 Å². The Bertz CT molecular complexity index is 1380. The van der Waals surface area contributed by atoms with Gasteiger partial charge >= 0.3 is 0 Å². The van der Waals surface area contributed by atoms with E-state index in [1.165, 1.54) is 11.3 Å². The van der Waals surface area contributed by atoms with Gasteiger partial charge in [0.2, 0.25) is 11.8 Å². The van der Waals surface area contributed by atoms with Crippen LogP contribution in [0.2, 0.25) is 0 Å². The van der Waals surface area contributed by atoms with Crippen LogP contribution in [0.25, 0.3) is 11.3 Å². The van der Waals surface area contributed by atoms with Crippen LogP contribution in [0.15, 0.2) is 59.3 Å². The molecule has 0 spiro atoms. The quantitative estimate of drug-likeness (QED) is 0.503. The molecule has 9 nitrogen and oxygen atoms in total. The molecule has 3 amide bonds. The molecule has 3 heterocycles. The van der Waals surface area contributed by atoms with Gasteiger partial charge in [-0.15, -0.1) is 0 Å². The van der Waals surface area contributed by atoms with Gasteiger partial charge in [0.25, 0.3) is 5.91 Å². The van der Waals surface area contributed by atoms with Crippen LogP contribution >= 0.6 is 0 Å². The molecule has 3 aromatic rings. The molecule has 0 saturated carbocycles. The number of likely N-dealkylation sites (tertiary alicyclic amines) is 1. The van der Waals surface area contributed by atoms with Gasteiger partial charge in [0.05, 0.1) is 11.8 Å². The van der Waals surface area contributed by atoms with Gasteiger partial charge in [-0.3, -0.25) is 14.4 Å². The minimum Gasteiger partial charge on any atom is -0.443 e. The molecular weight excluding hydrogens is 496 g/mol. The number of β-amino-alcohol motifs (C(OH)–C–C–N with tert-alkyl or cyclic N) is 1. The van der Waals surface area contributed by atoms with Gasteiger partial charge in [0, 0.05) is 44.2 Å². The predicted octanol–water partition coefficient (Wildman–Crippen LogP) is 3.25. The van der Waals surface area contributed by atoms with E-state index in [1.54, 1.807) is 22.9 Å². The standard InChI is InChI=1S/C30H34N4O5/c1-18(2)26(34-15-22-7-5-6-8-24(22)28(34)36)30(38)33-16-23(35)13-25(33)29(37)32(4)14-20-9-11-21(12-10-20)27-19(3)31-17-39-27/h5-12,17-18,23,25-26,35H,13-16H2,1-4H3/t23-,25+,26?/m1/s1. The summed E-state index contributed by atoms with van der Waals surface area (Å²) in [7, 11) is 1.70. The van der Waals surface area contributed by atoms with E-state index in [4.69, 9.17) is 4.42 Å². The Morgan fingerprint density at radius 2 is 1.87 bits per heavy atom. The maximum Gasteiger partial charge on any atom is 0.255 e. The Morgan fingerprint density at radius 3 is 2.51 bits per heavy atom. The molecule has 204 valence electrons. The molecule has 2 aliphatic rings. The summed E-state index contributed by atoms with van der Waals surface area (Å²) in [4.78, 5) is 49.5. The van der Waals surface area contributed by atoms with Crippen LogP contribution in [-0.4, -0.2) is 74.3 Å². The third kappa shape index (κ3) is 5.06. The van der Waals surface area contributed by atoms with Crippen molar-refractivity contribution < 1.29 is 23.9 Å². The number of oxazole rings is 1. The number of aliphatic hydroxyl groups is 1. The van der Waals surface area contributed by atoms with E-state index in [0.717, 1.165) is 22.4 Å². The highest BCUT2D eigenvalue weighted by molar-refractivity contribution is 6.01. The van der Waals surface area contributed by atoms with E-state index < -0.39 is 18.2 Å². The van der Waals surface area contributed by atoms with Gasteiger partial charge in [0.15, 0.2) is 12.2 Å². The van der Waals surface area contributed by atoms with Crippen LogP contribution in [0.1, 0.15) is 47.4 Å². The fourth-order valence-corrected chi connectivity index (χ4v) is 5.69. The summed E-state index contributed by atoms with van der Waals surface area (Å²) in [5.41, 5.74) is 4.12. The molecule has 3 atom stereocenters. The maximum absolute atomic E-state index is 13.9. The number of hydrogen-bond acceptors (Lipinski definition) is 6. The molecule has 9 heteroatoms. The lowest BCUT2D eigenvalue weighted by atomic mass is 10.00. The highest BCUT2D eigenvalue weighted by Crippen LogP contribution is 2.30. The Balaban J connectivity index is 1.30. The summed E-state index contributed by atoms with van der Waals surface area (Å²) in [6.45, 7) is 6.44. The predicted molar refractivity (Wildman–Crippen MR) is 144 cm³/mol. The Kier molecular flexibility index (Phi) is 7.27. The number of nitrogens with zero attached hydrogens (tertiary/aromatic N) is 4. The van der Waals surface area contributed by atoms with E-state index in [0.29, 0.717) is 24.4 Å². The van der Waals surface area contributed by atoms with Crippen molar-refractivity contribution in [2.24, 2.45) is 5.92 Å². The van der Waals surface area contributed by atoms with Crippen molar-refractivity contribution in [1.82, 2.24) is 19.7 Å². The summed E-state index contributed by atoms with van der Waals surface area (Å²) in [6, 6.07) is 13.6. The van der Waals surface area contributed by atoms with Gasteiger partial charge in [-0.1, -0.05) is 56.3 Å². The molecule has 2 aromatic carbocycles. The zero-order chi connectivity index (χ0) is 27.8. The first-order valence-corrected chi connectivity index (χ1v) is 13.3. The molecular formula is C30H34N4O5. The Labute approximate surface area is 228 Å². The number of carbonyl (C=O) groups is 3. The van der Waals surface area contributed by atoms with Crippen LogP contribution < -0.4 is 0 Å². The molecule has 39 heavy (non-hydrogen) atoms. The zero-order valence-electron chi connectivity index (χ0n) is 22.7. The molecule has 1 saturated heterocycles. The first-order valence-electron chi connectivity index (χ1n) is 13.3. The van der Waals surface area contributed by atoms with Crippen LogP contribution in [-0.2, 0) is 22.7 Å². The lowest BCUT2D eigenvalue weighted by Crippen LogP contribution is -2.55. The van der Waals surface area contributed by atoms with Crippen molar-refractivity contribution in [3.05, 3.63) is 77.3 Å². The number of aryl methyl sites for hydroxylation is 1. The maximum atomic E-state index is 13.9. The Hall–Kier alpha value is -3.98. The average molecular weight is 531 g/mol. The fourth-order valence-electron chi connectivity index (χ4n) is 5.69. The van der Waals surface area contributed by atoms with Crippen molar-refractivity contribution in [2.45, 2.75) is 58.5 Å². The molecule has 5 rings (SSSR count). The lowest BCUT2D eigenvalue weighted by Gasteiger charge is -2.36. The third-order valence-corrected chi connectivity index (χ3v) is 7.67. The van der Waals surface area contributed by atoms with Gasteiger partial charge in [-0.2, -0.15) is 0 Å². The third-order valence-electron chi connectivity index (χ3n) is 7.67. The molecule has 1 fully saturated rings. The van der Waals surface area contributed by atoms with Crippen molar-refractivity contribution in [1.29, 1.82) is 0 Å². The number of aliphatic hydroxyl groups excluding tert-OH is 1. The molecule has 0 bridgehead atoms. The number of likely N-dealkylation sites (N-methyl/N-ethyl adjacent to an activating group) is 1. The smallest absolute Gasteiger partial charge is 0.255 e. The topological polar surface area (TPSA) is 107 Å². The lowest BCUT2D eigenvalue weighted by molar-refractivity contribution is -0.147. The number of benzene rings is 2. The van der Waals surface area contributed by atoms with Crippen LogP contribution in [0, 0.1) is 12.8 Å². The van der Waals surface area contributed by atoms with Gasteiger partial charge in [-0.05, 0) is 30.0 Å². The van der Waals surface area contributed by atoms with Gasteiger partial charge < -0.3 is 24.2 Å². The second-order valence-electron chi connectivity index (χ2n) is 10.8. The second-order valence-corrected chi connectivity index (χ2v) is 10.8. The van der Waals surface area contributed by atoms with E-state index in [9.17, 15) is 19.5 Å². The molecule has 0 radical (unpaired) electrons. The van der Waals surface area contributed by atoms with Crippen molar-refractivity contribution in [3.8, 4) is 11.3 Å².